The van der Waals surface area contributed by atoms with E-state index in [-0.39, 0.29) is 30.3 Å². The summed E-state index contributed by atoms with van der Waals surface area (Å²) in [5.74, 6) is 0.437. The zero-order chi connectivity index (χ0) is 18.8. The third-order valence-electron chi connectivity index (χ3n) is 3.69. The van der Waals surface area contributed by atoms with Crippen LogP contribution in [0.5, 0.6) is 0 Å². The number of aromatic nitrogens is 4. The molecule has 0 spiro atoms. The van der Waals surface area contributed by atoms with Crippen molar-refractivity contribution in [3.63, 3.8) is 0 Å². The van der Waals surface area contributed by atoms with Crippen LogP contribution in [0.2, 0.25) is 0 Å². The fourth-order valence-corrected chi connectivity index (χ4v) is 2.77. The molecule has 2 rings (SSSR count). The van der Waals surface area contributed by atoms with Gasteiger partial charge in [-0.05, 0) is 47.7 Å². The molecule has 25 heavy (non-hydrogen) atoms. The lowest BCUT2D eigenvalue weighted by molar-refractivity contribution is -0.123. The van der Waals surface area contributed by atoms with Gasteiger partial charge in [0.25, 0.3) is 0 Å². The Bertz CT molecular complexity index is 755. The molecule has 0 radical (unpaired) electrons. The minimum atomic E-state index is -0.288. The lowest BCUT2D eigenvalue weighted by Crippen LogP contribution is -2.45. The molecule has 2 aromatic rings. The van der Waals surface area contributed by atoms with Crippen LogP contribution in [0, 0.1) is 13.8 Å². The van der Waals surface area contributed by atoms with Crippen LogP contribution in [-0.2, 0) is 4.79 Å². The molecule has 8 nitrogen and oxygen atoms in total. The number of hydrogen-bond acceptors (Lipinski definition) is 5. The molecule has 0 aromatic carbocycles. The fourth-order valence-electron chi connectivity index (χ4n) is 2.77. The van der Waals surface area contributed by atoms with Crippen LogP contribution in [0.3, 0.4) is 0 Å². The minimum Gasteiger partial charge on any atom is -0.350 e. The number of carbonyl (C=O) groups excluding carboxylic acids is 2. The molecule has 1 amide bonds. The summed E-state index contributed by atoms with van der Waals surface area (Å²) < 4.78 is 1.85. The van der Waals surface area contributed by atoms with Crippen molar-refractivity contribution in [2.24, 2.45) is 0 Å². The minimum absolute atomic E-state index is 0.0371. The van der Waals surface area contributed by atoms with Gasteiger partial charge < -0.3 is 5.32 Å². The first-order valence-corrected chi connectivity index (χ1v) is 8.16. The molecule has 2 heterocycles. The molecule has 0 atom stereocenters. The van der Waals surface area contributed by atoms with Crippen molar-refractivity contribution in [3.05, 3.63) is 29.3 Å². The van der Waals surface area contributed by atoms with Crippen molar-refractivity contribution < 1.29 is 9.59 Å². The molecule has 0 fully saturated rings. The van der Waals surface area contributed by atoms with Gasteiger partial charge in [0.2, 0.25) is 11.9 Å². The van der Waals surface area contributed by atoms with E-state index in [2.05, 4.69) is 20.5 Å². The Hall–Kier alpha value is -2.48. The SMILES string of the molecule is Cc1cc(C(=O)CN(C)CC(=O)NC(C)(C)C)c(C)n1-c1ncn[nH]1. The number of likely N-dealkylation sites (N-methyl/N-ethyl adjacent to an activating group) is 1. The summed E-state index contributed by atoms with van der Waals surface area (Å²) in [6, 6.07) is 1.84. The van der Waals surface area contributed by atoms with E-state index in [4.69, 9.17) is 0 Å². The largest absolute Gasteiger partial charge is 0.350 e. The van der Waals surface area contributed by atoms with E-state index in [1.807, 2.05) is 45.3 Å². The van der Waals surface area contributed by atoms with Crippen LogP contribution in [-0.4, -0.2) is 62.0 Å². The van der Waals surface area contributed by atoms with Gasteiger partial charge in [0, 0.05) is 22.5 Å². The number of rotatable bonds is 6. The molecule has 0 aliphatic rings. The average molecular weight is 346 g/mol. The van der Waals surface area contributed by atoms with E-state index >= 15 is 0 Å². The topological polar surface area (TPSA) is 95.9 Å². The van der Waals surface area contributed by atoms with E-state index < -0.39 is 0 Å². The summed E-state index contributed by atoms with van der Waals surface area (Å²) in [6.07, 6.45) is 1.43. The maximum atomic E-state index is 12.6. The van der Waals surface area contributed by atoms with E-state index in [9.17, 15) is 9.59 Å². The highest BCUT2D eigenvalue weighted by atomic mass is 16.2. The van der Waals surface area contributed by atoms with Gasteiger partial charge in [0.05, 0.1) is 13.1 Å². The molecule has 0 unspecified atom stereocenters. The van der Waals surface area contributed by atoms with Gasteiger partial charge in [-0.25, -0.2) is 5.10 Å². The quantitative estimate of drug-likeness (QED) is 0.767. The second-order valence-corrected chi connectivity index (χ2v) is 7.32. The van der Waals surface area contributed by atoms with Crippen LogP contribution in [0.1, 0.15) is 42.5 Å². The van der Waals surface area contributed by atoms with Gasteiger partial charge in [-0.15, -0.1) is 0 Å². The van der Waals surface area contributed by atoms with Crippen molar-refractivity contribution in [1.82, 2.24) is 30.0 Å². The summed E-state index contributed by atoms with van der Waals surface area (Å²) in [7, 11) is 1.76. The summed E-state index contributed by atoms with van der Waals surface area (Å²) in [5, 5.41) is 9.54. The van der Waals surface area contributed by atoms with Crippen LogP contribution < -0.4 is 5.32 Å². The number of carbonyl (C=O) groups is 2. The molecule has 0 saturated carbocycles. The standard InChI is InChI=1S/C17H26N6O2/c1-11-7-13(12(2)23(11)16-18-10-19-21-16)14(24)8-22(6)9-15(25)20-17(3,4)5/h7,10H,8-9H2,1-6H3,(H,20,25)(H,18,19,21). The number of ketones is 1. The molecular weight excluding hydrogens is 320 g/mol. The molecule has 0 saturated heterocycles. The third-order valence-corrected chi connectivity index (χ3v) is 3.69. The first-order valence-electron chi connectivity index (χ1n) is 8.16. The molecule has 2 N–H and O–H groups in total. The van der Waals surface area contributed by atoms with E-state index in [1.54, 1.807) is 11.9 Å². The average Bonchev–Trinajstić information content (AvgIpc) is 3.04. The Morgan fingerprint density at radius 3 is 2.52 bits per heavy atom. The lowest BCUT2D eigenvalue weighted by Gasteiger charge is -2.23. The molecule has 0 bridgehead atoms. The Balaban J connectivity index is 2.06. The Kier molecular flexibility index (Phi) is 5.42. The number of H-pyrrole nitrogens is 1. The van der Waals surface area contributed by atoms with Crippen molar-refractivity contribution in [2.75, 3.05) is 20.1 Å². The van der Waals surface area contributed by atoms with E-state index in [1.165, 1.54) is 6.33 Å². The first kappa shape index (κ1) is 18.9. The van der Waals surface area contributed by atoms with Gasteiger partial charge in [-0.3, -0.25) is 19.1 Å². The van der Waals surface area contributed by atoms with Crippen LogP contribution in [0.25, 0.3) is 5.95 Å². The molecular formula is C17H26N6O2. The molecule has 0 aliphatic carbocycles. The normalized spacial score (nSPS) is 11.8. The van der Waals surface area contributed by atoms with Gasteiger partial charge in [-0.2, -0.15) is 10.1 Å². The maximum absolute atomic E-state index is 12.6. The number of nitrogens with one attached hydrogen (secondary N) is 2. The van der Waals surface area contributed by atoms with Crippen molar-refractivity contribution in [1.29, 1.82) is 0 Å². The summed E-state index contributed by atoms with van der Waals surface area (Å²) in [4.78, 5) is 30.5. The fraction of sp³-hybridized carbons (Fsp3) is 0.529. The highest BCUT2D eigenvalue weighted by Crippen LogP contribution is 2.18. The Labute approximate surface area is 147 Å². The highest BCUT2D eigenvalue weighted by molar-refractivity contribution is 5.99. The second kappa shape index (κ2) is 7.18. The van der Waals surface area contributed by atoms with Crippen molar-refractivity contribution in [3.8, 4) is 5.95 Å². The van der Waals surface area contributed by atoms with Gasteiger partial charge >= 0.3 is 0 Å². The predicted octanol–water partition coefficient (Wildman–Crippen LogP) is 1.24. The summed E-state index contributed by atoms with van der Waals surface area (Å²) in [6.45, 7) is 9.89. The zero-order valence-electron chi connectivity index (χ0n) is 15.7. The predicted molar refractivity (Wildman–Crippen MR) is 94.9 cm³/mol. The van der Waals surface area contributed by atoms with Crippen LogP contribution in [0.15, 0.2) is 12.4 Å². The smallest absolute Gasteiger partial charge is 0.234 e. The number of hydrogen-bond donors (Lipinski definition) is 2. The van der Waals surface area contributed by atoms with Gasteiger partial charge in [0.15, 0.2) is 5.78 Å². The molecule has 2 aromatic heterocycles. The number of amides is 1. The number of Topliss-reactive ketones (excluding diaryl/α,β-unsaturated/α-hetero) is 1. The molecule has 136 valence electrons. The zero-order valence-corrected chi connectivity index (χ0v) is 15.7. The summed E-state index contributed by atoms with van der Waals surface area (Å²) in [5.41, 5.74) is 2.03. The van der Waals surface area contributed by atoms with Crippen LogP contribution >= 0.6 is 0 Å². The first-order chi connectivity index (χ1) is 11.6. The number of aromatic amines is 1. The van der Waals surface area contributed by atoms with Gasteiger partial charge in [-0.1, -0.05) is 0 Å². The van der Waals surface area contributed by atoms with Crippen molar-refractivity contribution >= 4 is 11.7 Å². The third kappa shape index (κ3) is 4.76. The number of nitrogens with zero attached hydrogens (tertiary/aromatic N) is 4. The van der Waals surface area contributed by atoms with E-state index in [0.717, 1.165) is 11.4 Å². The van der Waals surface area contributed by atoms with Crippen molar-refractivity contribution in [2.45, 2.75) is 40.2 Å². The monoisotopic (exact) mass is 346 g/mol. The second-order valence-electron chi connectivity index (χ2n) is 7.32. The lowest BCUT2D eigenvalue weighted by atomic mass is 10.1. The summed E-state index contributed by atoms with van der Waals surface area (Å²) >= 11 is 0. The van der Waals surface area contributed by atoms with Gasteiger partial charge in [0.1, 0.15) is 6.33 Å². The molecule has 0 aliphatic heterocycles. The maximum Gasteiger partial charge on any atom is 0.234 e. The number of aryl methyl sites for hydroxylation is 1. The Morgan fingerprint density at radius 2 is 1.96 bits per heavy atom. The van der Waals surface area contributed by atoms with E-state index in [0.29, 0.717) is 11.5 Å². The highest BCUT2D eigenvalue weighted by Gasteiger charge is 2.21. The van der Waals surface area contributed by atoms with Crippen LogP contribution in [0.4, 0.5) is 0 Å². The Morgan fingerprint density at radius 1 is 1.28 bits per heavy atom. The molecule has 8 heteroatoms.